The average molecular weight is 626 g/mol. The second kappa shape index (κ2) is 19.4. The molecular weight excluding hydrogens is 578 g/mol. The first-order valence-electron chi connectivity index (χ1n) is 15.8. The Hall–Kier alpha value is -4.05. The highest BCUT2D eigenvalue weighted by Gasteiger charge is 2.49. The normalized spacial score (nSPS) is 14.1. The minimum absolute atomic E-state index is 0.117. The van der Waals surface area contributed by atoms with Crippen molar-refractivity contribution in [1.82, 2.24) is 5.32 Å². The second-order valence-corrected chi connectivity index (χ2v) is 11.6. The van der Waals surface area contributed by atoms with Gasteiger partial charge in [0.15, 0.2) is 5.60 Å². The predicted molar refractivity (Wildman–Crippen MR) is 171 cm³/mol. The lowest BCUT2D eigenvalue weighted by Gasteiger charge is -2.29. The summed E-state index contributed by atoms with van der Waals surface area (Å²) in [5.74, 6) is -7.62. The molecule has 246 valence electrons. The van der Waals surface area contributed by atoms with Crippen molar-refractivity contribution in [3.05, 3.63) is 60.2 Å². The summed E-state index contributed by atoms with van der Waals surface area (Å²) in [6, 6.07) is 11.4. The zero-order valence-electron chi connectivity index (χ0n) is 26.1. The fraction of sp³-hybridized carbons (Fsp3) is 0.514. The number of aliphatic carboxylic acids is 3. The molecular formula is C35H47NO9. The maximum absolute atomic E-state index is 13.3. The molecule has 10 nitrogen and oxygen atoms in total. The van der Waals surface area contributed by atoms with Crippen LogP contribution in [0.3, 0.4) is 0 Å². The quantitative estimate of drug-likeness (QED) is 0.0767. The molecule has 2 aromatic carbocycles. The summed E-state index contributed by atoms with van der Waals surface area (Å²) in [4.78, 5) is 60.9. The maximum Gasteiger partial charge on any atom is 0.337 e. The van der Waals surface area contributed by atoms with Crippen molar-refractivity contribution in [3.63, 3.8) is 0 Å². The smallest absolute Gasteiger partial charge is 0.337 e. The minimum atomic E-state index is -3.00. The summed E-state index contributed by atoms with van der Waals surface area (Å²) in [5, 5.41) is 43.9. The third-order valence-corrected chi connectivity index (χ3v) is 7.92. The number of nitrogens with one attached hydrogen (secondary N) is 1. The number of Topliss-reactive ketones (excluding diaryl/α,β-unsaturated/α-hetero) is 1. The Morgan fingerprint density at radius 2 is 1.44 bits per heavy atom. The molecule has 0 saturated heterocycles. The third kappa shape index (κ3) is 12.8. The van der Waals surface area contributed by atoms with E-state index in [2.05, 4.69) is 12.2 Å². The number of benzene rings is 2. The molecule has 2 rings (SSSR count). The number of carboxylic acids is 3. The number of aliphatic hydroxyl groups is 1. The molecule has 0 radical (unpaired) electrons. The van der Waals surface area contributed by atoms with Gasteiger partial charge in [0.2, 0.25) is 5.91 Å². The Labute approximate surface area is 264 Å². The van der Waals surface area contributed by atoms with Crippen molar-refractivity contribution >= 4 is 40.4 Å². The molecule has 0 heterocycles. The van der Waals surface area contributed by atoms with Crippen LogP contribution in [0.15, 0.2) is 54.6 Å². The number of hydrogen-bond acceptors (Lipinski definition) is 6. The van der Waals surface area contributed by atoms with Crippen LogP contribution in [0.1, 0.15) is 96.0 Å². The number of amides is 1. The highest BCUT2D eigenvalue weighted by atomic mass is 16.4. The molecule has 0 aliphatic heterocycles. The highest BCUT2D eigenvalue weighted by molar-refractivity contribution is 5.94. The van der Waals surface area contributed by atoms with Crippen molar-refractivity contribution in [2.24, 2.45) is 5.92 Å². The molecule has 0 unspecified atom stereocenters. The van der Waals surface area contributed by atoms with Crippen molar-refractivity contribution in [3.8, 4) is 0 Å². The van der Waals surface area contributed by atoms with Gasteiger partial charge in [-0.1, -0.05) is 100 Å². The number of rotatable bonds is 23. The summed E-state index contributed by atoms with van der Waals surface area (Å²) in [7, 11) is 0. The van der Waals surface area contributed by atoms with Crippen LogP contribution in [-0.4, -0.2) is 61.7 Å². The van der Waals surface area contributed by atoms with Gasteiger partial charge in [0.25, 0.3) is 0 Å². The van der Waals surface area contributed by atoms with Crippen molar-refractivity contribution in [2.75, 3.05) is 0 Å². The van der Waals surface area contributed by atoms with Gasteiger partial charge >= 0.3 is 17.9 Å². The van der Waals surface area contributed by atoms with E-state index in [0.29, 0.717) is 31.2 Å². The molecule has 0 aromatic heterocycles. The Morgan fingerprint density at radius 1 is 0.822 bits per heavy atom. The van der Waals surface area contributed by atoms with Crippen LogP contribution >= 0.6 is 0 Å². The summed E-state index contributed by atoms with van der Waals surface area (Å²) in [6.45, 7) is 2.15. The van der Waals surface area contributed by atoms with Gasteiger partial charge < -0.3 is 25.7 Å². The first-order chi connectivity index (χ1) is 21.5. The van der Waals surface area contributed by atoms with Gasteiger partial charge in [-0.3, -0.25) is 14.4 Å². The molecule has 3 atom stereocenters. The molecule has 45 heavy (non-hydrogen) atoms. The molecule has 0 bridgehead atoms. The zero-order valence-corrected chi connectivity index (χ0v) is 26.1. The van der Waals surface area contributed by atoms with Gasteiger partial charge in [-0.2, -0.15) is 0 Å². The number of allylic oxidation sites excluding steroid dienone is 1. The van der Waals surface area contributed by atoms with Crippen LogP contribution < -0.4 is 5.32 Å². The van der Waals surface area contributed by atoms with Crippen molar-refractivity contribution in [2.45, 2.75) is 108 Å². The van der Waals surface area contributed by atoms with Gasteiger partial charge in [-0.25, -0.2) is 9.59 Å². The molecule has 0 aliphatic carbocycles. The zero-order chi connectivity index (χ0) is 33.2. The molecule has 10 heteroatoms. The monoisotopic (exact) mass is 625 g/mol. The van der Waals surface area contributed by atoms with Gasteiger partial charge in [-0.05, 0) is 42.0 Å². The number of hydrogen-bond donors (Lipinski definition) is 5. The Kier molecular flexibility index (Phi) is 16.0. The minimum Gasteiger partial charge on any atom is -0.481 e. The molecule has 2 aromatic rings. The van der Waals surface area contributed by atoms with Crippen LogP contribution in [0.25, 0.3) is 10.8 Å². The van der Waals surface area contributed by atoms with Crippen LogP contribution in [-0.2, 0) is 30.4 Å². The van der Waals surface area contributed by atoms with E-state index in [1.165, 1.54) is 12.5 Å². The lowest BCUT2D eigenvalue weighted by molar-refractivity contribution is -0.172. The van der Waals surface area contributed by atoms with E-state index in [-0.39, 0.29) is 12.2 Å². The van der Waals surface area contributed by atoms with E-state index in [4.69, 9.17) is 0 Å². The van der Waals surface area contributed by atoms with E-state index in [0.717, 1.165) is 61.8 Å². The number of ketones is 1. The average Bonchev–Trinajstić information content (AvgIpc) is 2.99. The van der Waals surface area contributed by atoms with E-state index in [9.17, 15) is 44.4 Å². The van der Waals surface area contributed by atoms with Crippen LogP contribution in [0.5, 0.6) is 0 Å². The number of unbranched alkanes of at least 4 members (excludes halogenated alkanes) is 8. The predicted octanol–water partition coefficient (Wildman–Crippen LogP) is 5.68. The van der Waals surface area contributed by atoms with Gasteiger partial charge in [0.1, 0.15) is 11.8 Å². The molecule has 0 spiro atoms. The van der Waals surface area contributed by atoms with Crippen LogP contribution in [0.2, 0.25) is 0 Å². The Balaban J connectivity index is 2.01. The van der Waals surface area contributed by atoms with E-state index < -0.39 is 47.8 Å². The first kappa shape index (κ1) is 37.1. The third-order valence-electron chi connectivity index (χ3n) is 7.92. The highest BCUT2D eigenvalue weighted by Crippen LogP contribution is 2.26. The SMILES string of the molecule is CCCCCCCC(=O)CCCCCCC=C[C@H](C(=O)N[C@@H](Cc1ccc2ccccc2c1)C(=O)O)[C@@](O)(CC(=O)O)C(=O)O. The summed E-state index contributed by atoms with van der Waals surface area (Å²) in [6.07, 6.45) is 11.4. The largest absolute Gasteiger partial charge is 0.481 e. The lowest BCUT2D eigenvalue weighted by atomic mass is 9.82. The fourth-order valence-corrected chi connectivity index (χ4v) is 5.30. The lowest BCUT2D eigenvalue weighted by Crippen LogP contribution is -2.55. The Bertz CT molecular complexity index is 1320. The molecule has 0 saturated carbocycles. The van der Waals surface area contributed by atoms with E-state index >= 15 is 0 Å². The maximum atomic E-state index is 13.3. The topological polar surface area (TPSA) is 178 Å². The standard InChI is InChI=1S/C35H47NO9/c1-2-3-4-7-10-17-28(37)18-11-8-5-6-9-12-19-29(35(45,34(43)44)24-31(38)39)32(40)36-30(33(41)42)23-25-20-21-26-15-13-14-16-27(26)22-25/h12-16,19-22,29-30,45H,2-11,17-18,23-24H2,1H3,(H,36,40)(H,38,39)(H,41,42)(H,43,44)/t29-,30+,35+/m1/s1. The van der Waals surface area contributed by atoms with E-state index in [1.807, 2.05) is 30.3 Å². The number of carbonyl (C=O) groups excluding carboxylic acids is 2. The fourth-order valence-electron chi connectivity index (χ4n) is 5.30. The van der Waals surface area contributed by atoms with Gasteiger partial charge in [-0.15, -0.1) is 0 Å². The molecule has 0 fully saturated rings. The molecule has 1 amide bonds. The number of fused-ring (bicyclic) bond motifs is 1. The Morgan fingerprint density at radius 3 is 2.04 bits per heavy atom. The van der Waals surface area contributed by atoms with Crippen molar-refractivity contribution in [1.29, 1.82) is 0 Å². The van der Waals surface area contributed by atoms with Crippen LogP contribution in [0, 0.1) is 5.92 Å². The van der Waals surface area contributed by atoms with Gasteiger partial charge in [0.05, 0.1) is 12.3 Å². The number of carboxylic acid groups (broad SMARTS) is 3. The van der Waals surface area contributed by atoms with Gasteiger partial charge in [0, 0.05) is 19.3 Å². The van der Waals surface area contributed by atoms with Crippen molar-refractivity contribution < 1.29 is 44.4 Å². The number of carbonyl (C=O) groups is 5. The summed E-state index contributed by atoms with van der Waals surface area (Å²) in [5.41, 5.74) is -2.39. The summed E-state index contributed by atoms with van der Waals surface area (Å²) >= 11 is 0. The molecule has 0 aliphatic rings. The van der Waals surface area contributed by atoms with Crippen LogP contribution in [0.4, 0.5) is 0 Å². The van der Waals surface area contributed by atoms with E-state index in [1.54, 1.807) is 12.1 Å². The second-order valence-electron chi connectivity index (χ2n) is 11.6. The summed E-state index contributed by atoms with van der Waals surface area (Å²) < 4.78 is 0. The molecule has 5 N–H and O–H groups in total. The first-order valence-corrected chi connectivity index (χ1v) is 15.8.